The minimum absolute atomic E-state index is 0.0139. The molecule has 0 aliphatic carbocycles. The predicted octanol–water partition coefficient (Wildman–Crippen LogP) is 5.55. The third-order valence-electron chi connectivity index (χ3n) is 12.4. The highest BCUT2D eigenvalue weighted by molar-refractivity contribution is 7.99. The second-order valence-corrected chi connectivity index (χ2v) is 16.9. The van der Waals surface area contributed by atoms with E-state index in [9.17, 15) is 30.0 Å². The molecule has 3 aromatic heterocycles. The molecule has 0 aromatic carbocycles. The Morgan fingerprint density at radius 3 is 2.42 bits per heavy atom. The first-order valence-corrected chi connectivity index (χ1v) is 21.1. The number of thioether (sulfide) groups is 1. The Labute approximate surface area is 336 Å². The fourth-order valence-corrected chi connectivity index (χ4v) is 9.90. The summed E-state index contributed by atoms with van der Waals surface area (Å²) >= 11 is 1.28. The quantitative estimate of drug-likeness (QED) is 0.105. The fourth-order valence-electron chi connectivity index (χ4n) is 8.79. The van der Waals surface area contributed by atoms with Gasteiger partial charge < -0.3 is 44.8 Å². The number of hydrogen-bond donors (Lipinski definition) is 6. The molecule has 13 nitrogen and oxygen atoms in total. The number of carbonyl (C=O) groups excluding carboxylic acids is 2. The summed E-state index contributed by atoms with van der Waals surface area (Å²) in [4.78, 5) is 46.4. The lowest BCUT2D eigenvalue weighted by molar-refractivity contribution is -0.205. The van der Waals surface area contributed by atoms with E-state index in [-0.39, 0.29) is 36.7 Å². The number of carbonyl (C=O) groups is 2. The van der Waals surface area contributed by atoms with Crippen molar-refractivity contribution in [1.82, 2.24) is 24.8 Å². The summed E-state index contributed by atoms with van der Waals surface area (Å²) in [5.74, 6) is -0.0214. The molecule has 1 saturated heterocycles. The molecule has 1 amide bonds. The number of H-pyrrole nitrogens is 2. The Hall–Kier alpha value is -4.05. The van der Waals surface area contributed by atoms with Crippen LogP contribution in [-0.4, -0.2) is 113 Å². The number of cyclic esters (lactones) is 1. The van der Waals surface area contributed by atoms with Crippen molar-refractivity contribution in [3.63, 3.8) is 0 Å². The van der Waals surface area contributed by atoms with Gasteiger partial charge in [-0.15, -0.1) is 11.8 Å². The Morgan fingerprint density at radius 2 is 1.70 bits per heavy atom. The lowest BCUT2D eigenvalue weighted by atomic mass is 9.85. The average molecular weight is 802 g/mol. The van der Waals surface area contributed by atoms with Gasteiger partial charge in [-0.05, 0) is 98.2 Å². The van der Waals surface area contributed by atoms with Crippen molar-refractivity contribution in [3.8, 4) is 0 Å². The van der Waals surface area contributed by atoms with Crippen LogP contribution in [0.4, 0.5) is 0 Å². The number of amides is 1. The van der Waals surface area contributed by atoms with Crippen molar-refractivity contribution < 1.29 is 39.5 Å². The van der Waals surface area contributed by atoms with E-state index in [2.05, 4.69) is 56.7 Å². The van der Waals surface area contributed by atoms with Crippen molar-refractivity contribution >= 4 is 56.9 Å². The number of esters is 1. The van der Waals surface area contributed by atoms with Gasteiger partial charge in [-0.25, -0.2) is 9.78 Å². The monoisotopic (exact) mass is 801 g/mol. The number of rotatable bonds is 11. The summed E-state index contributed by atoms with van der Waals surface area (Å²) in [6.07, 6.45) is -1.99. The second kappa shape index (κ2) is 16.7. The molecule has 57 heavy (non-hydrogen) atoms. The Balaban J connectivity index is 1.21. The zero-order chi connectivity index (χ0) is 40.9. The number of nitrogens with one attached hydrogen (secondary N) is 2. The first-order valence-electron chi connectivity index (χ1n) is 20.1. The smallest absolute Gasteiger partial charge is 0.340 e. The number of fused-ring (bicyclic) bond motifs is 8. The maximum Gasteiger partial charge on any atom is 0.340 e. The highest BCUT2D eigenvalue weighted by atomic mass is 32.2. The summed E-state index contributed by atoms with van der Waals surface area (Å²) in [6, 6.07) is 6.32. The largest absolute Gasteiger partial charge is 0.457 e. The zero-order valence-corrected chi connectivity index (χ0v) is 34.6. The Morgan fingerprint density at radius 1 is 0.965 bits per heavy atom. The van der Waals surface area contributed by atoms with Crippen LogP contribution < -0.4 is 0 Å². The van der Waals surface area contributed by atoms with Crippen molar-refractivity contribution in [1.29, 1.82) is 0 Å². The molecule has 3 aromatic rings. The number of nitrogens with zero attached hydrogens (tertiary/aromatic N) is 3. The molecule has 0 radical (unpaired) electrons. The van der Waals surface area contributed by atoms with Gasteiger partial charge in [0, 0.05) is 59.7 Å². The van der Waals surface area contributed by atoms with Gasteiger partial charge in [0.05, 0.1) is 34.8 Å². The van der Waals surface area contributed by atoms with E-state index in [1.54, 1.807) is 11.9 Å². The summed E-state index contributed by atoms with van der Waals surface area (Å²) < 4.78 is 11.4. The normalized spacial score (nSPS) is 24.5. The van der Waals surface area contributed by atoms with E-state index < -0.39 is 36.5 Å². The van der Waals surface area contributed by atoms with Crippen LogP contribution in [0.1, 0.15) is 121 Å². The van der Waals surface area contributed by atoms with Crippen molar-refractivity contribution in [2.24, 2.45) is 0 Å². The van der Waals surface area contributed by atoms with Crippen LogP contribution in [0.5, 0.6) is 0 Å². The first-order chi connectivity index (χ1) is 27.3. The highest BCUT2D eigenvalue weighted by Crippen LogP contribution is 2.44. The lowest BCUT2D eigenvalue weighted by Gasteiger charge is -2.39. The van der Waals surface area contributed by atoms with E-state index in [1.165, 1.54) is 17.3 Å². The number of aliphatic hydroxyl groups is 4. The number of hydrogen-bond acceptors (Lipinski definition) is 11. The first kappa shape index (κ1) is 41.1. The molecule has 0 unspecified atom stereocenters. The van der Waals surface area contributed by atoms with E-state index in [0.717, 1.165) is 80.0 Å². The van der Waals surface area contributed by atoms with Gasteiger partial charge in [0.15, 0.2) is 0 Å². The van der Waals surface area contributed by atoms with Crippen LogP contribution in [0.25, 0.3) is 33.2 Å². The number of ether oxygens (including phenoxy) is 2. The van der Waals surface area contributed by atoms with Crippen LogP contribution >= 0.6 is 11.8 Å². The molecule has 0 spiro atoms. The molecular weight excluding hydrogens is 747 g/mol. The SMILES string of the molecule is CCC1=C(C)c2cc3[nH]c(cc4nc(c5c6[nH]c(cc1n2)c(C)c6C(=O)OC5)[C@@H](CCC(=O)N(C)CCCS[C@@H]1O[C@H](CO)[C@@H](O)[C@H](O)[C@H]1O)[C@@H]4C)c(C)c3CC. The van der Waals surface area contributed by atoms with Gasteiger partial charge in [0.25, 0.3) is 0 Å². The summed E-state index contributed by atoms with van der Waals surface area (Å²) in [5, 5.41) is 40.1. The molecule has 8 bridgehead atoms. The number of aliphatic hydroxyl groups excluding tert-OH is 4. The Kier molecular flexibility index (Phi) is 12.0. The van der Waals surface area contributed by atoms with Gasteiger partial charge in [0.1, 0.15) is 36.5 Å². The van der Waals surface area contributed by atoms with Crippen molar-refractivity contribution in [2.75, 3.05) is 26.0 Å². The molecule has 7 atom stereocenters. The van der Waals surface area contributed by atoms with Crippen molar-refractivity contribution in [2.45, 2.75) is 122 Å². The maximum absolute atomic E-state index is 13.6. The van der Waals surface area contributed by atoms with Gasteiger partial charge in [-0.3, -0.25) is 9.78 Å². The maximum atomic E-state index is 13.6. The molecule has 4 aliphatic heterocycles. The van der Waals surface area contributed by atoms with Gasteiger partial charge in [0.2, 0.25) is 5.91 Å². The summed E-state index contributed by atoms with van der Waals surface area (Å²) in [6.45, 7) is 12.7. The highest BCUT2D eigenvalue weighted by Gasteiger charge is 2.43. The van der Waals surface area contributed by atoms with Gasteiger partial charge in [-0.1, -0.05) is 20.8 Å². The van der Waals surface area contributed by atoms with Gasteiger partial charge in [-0.2, -0.15) is 0 Å². The third-order valence-corrected chi connectivity index (χ3v) is 13.6. The lowest BCUT2D eigenvalue weighted by Crippen LogP contribution is -2.57. The molecule has 6 N–H and O–H groups in total. The standard InChI is InChI=1S/C43H55N5O8S/c1-8-24-20(3)28-15-30-22(5)26(11-12-35(50)48(7)13-10-14-57-43-41(53)40(52)39(51)34(18-49)56-43)37(46-30)27-19-55-42(54)36-23(6)31(47-38(27)36)17-33-25(9-2)21(4)29(45-33)16-32(24)44-28/h15-17,22,26,34,39-41,43-44,47,49,51-53H,8-14,18-19H2,1-7H3/t22-,26-,34+,39+,40-,41+,43-/m0/s1. The van der Waals surface area contributed by atoms with E-state index in [4.69, 9.17) is 19.4 Å². The van der Waals surface area contributed by atoms with E-state index >= 15 is 0 Å². The number of aryl methyl sites for hydroxylation is 3. The topological polar surface area (TPSA) is 194 Å². The minimum Gasteiger partial charge on any atom is -0.457 e. The minimum atomic E-state index is -1.42. The van der Waals surface area contributed by atoms with Crippen LogP contribution in [0.2, 0.25) is 0 Å². The molecule has 0 saturated carbocycles. The molecule has 14 heteroatoms. The second-order valence-electron chi connectivity index (χ2n) is 15.7. The molecule has 7 heterocycles. The van der Waals surface area contributed by atoms with Crippen molar-refractivity contribution in [3.05, 3.63) is 68.8 Å². The van der Waals surface area contributed by atoms with Crippen LogP contribution in [-0.2, 0) is 27.3 Å². The van der Waals surface area contributed by atoms with E-state index in [1.807, 2.05) is 13.0 Å². The zero-order valence-electron chi connectivity index (χ0n) is 33.8. The number of allylic oxidation sites excluding steroid dienone is 2. The third kappa shape index (κ3) is 7.56. The van der Waals surface area contributed by atoms with E-state index in [0.29, 0.717) is 36.2 Å². The summed E-state index contributed by atoms with van der Waals surface area (Å²) in [5.41, 5.74) is 13.0. The average Bonchev–Trinajstić information content (AvgIpc) is 3.88. The fraction of sp³-hybridized carbons (Fsp3) is 0.535. The molecule has 7 rings (SSSR count). The Bertz CT molecular complexity index is 2260. The van der Waals surface area contributed by atoms with Crippen LogP contribution in [0.15, 0.2) is 18.2 Å². The van der Waals surface area contributed by atoms with Gasteiger partial charge >= 0.3 is 5.97 Å². The molecule has 1 fully saturated rings. The predicted molar refractivity (Wildman–Crippen MR) is 221 cm³/mol. The molecule has 306 valence electrons. The van der Waals surface area contributed by atoms with Crippen LogP contribution in [0, 0.1) is 13.8 Å². The molecular formula is C43H55N5O8S. The van der Waals surface area contributed by atoms with Crippen LogP contribution in [0.3, 0.4) is 0 Å². The summed E-state index contributed by atoms with van der Waals surface area (Å²) in [7, 11) is 1.77. The number of aromatic amines is 2. The molecule has 4 aliphatic rings. The number of aromatic nitrogens is 4.